The zero-order valence-electron chi connectivity index (χ0n) is 11.2. The number of methoxy groups -OCH3 is 1. The Morgan fingerprint density at radius 3 is 2.60 bits per heavy atom. The number of ether oxygens (including phenoxy) is 1. The minimum Gasteiger partial charge on any atom is -0.495 e. The molecule has 0 radical (unpaired) electrons. The molecule has 1 aromatic carbocycles. The van der Waals surface area contributed by atoms with E-state index < -0.39 is 10.0 Å². The highest BCUT2D eigenvalue weighted by molar-refractivity contribution is 7.89. The zero-order valence-corrected chi connectivity index (χ0v) is 12.0. The first-order chi connectivity index (χ1) is 9.38. The maximum absolute atomic E-state index is 11.6. The molecule has 0 atom stereocenters. The summed E-state index contributed by atoms with van der Waals surface area (Å²) < 4.78 is 27.8. The summed E-state index contributed by atoms with van der Waals surface area (Å²) >= 11 is 0. The van der Waals surface area contributed by atoms with Crippen LogP contribution in [0.5, 0.6) is 5.75 Å². The lowest BCUT2D eigenvalue weighted by Crippen LogP contribution is -2.15. The minimum absolute atomic E-state index is 0.120. The van der Waals surface area contributed by atoms with Crippen molar-refractivity contribution in [2.24, 2.45) is 5.14 Å². The summed E-state index contributed by atoms with van der Waals surface area (Å²) in [5.74, 6) is -0.261. The van der Waals surface area contributed by atoms with Crippen molar-refractivity contribution < 1.29 is 17.9 Å². The normalized spacial score (nSPS) is 11.9. The van der Waals surface area contributed by atoms with Gasteiger partial charge in [-0.1, -0.05) is 18.2 Å². The first-order valence-electron chi connectivity index (χ1n) is 5.69. The number of anilines is 1. The lowest BCUT2D eigenvalue weighted by Gasteiger charge is -2.09. The molecule has 0 aliphatic heterocycles. The molecule has 0 saturated heterocycles. The predicted octanol–water partition coefficient (Wildman–Crippen LogP) is 1.41. The molecule has 0 unspecified atom stereocenters. The molecule has 1 amide bonds. The third-order valence-corrected chi connectivity index (χ3v) is 3.22. The highest BCUT2D eigenvalue weighted by Crippen LogP contribution is 2.25. The predicted molar refractivity (Wildman–Crippen MR) is 77.0 cm³/mol. The van der Waals surface area contributed by atoms with Crippen LogP contribution in [0, 0.1) is 0 Å². The molecular weight excluding hydrogens is 280 g/mol. The van der Waals surface area contributed by atoms with Crippen molar-refractivity contribution in [3.8, 4) is 5.75 Å². The van der Waals surface area contributed by atoms with Crippen LogP contribution in [0.15, 0.2) is 47.4 Å². The fourth-order valence-corrected chi connectivity index (χ4v) is 2.14. The Hall–Kier alpha value is -2.12. The Morgan fingerprint density at radius 1 is 1.35 bits per heavy atom. The second kappa shape index (κ2) is 6.88. The van der Waals surface area contributed by atoms with Crippen molar-refractivity contribution in [3.63, 3.8) is 0 Å². The number of amides is 1. The Labute approximate surface area is 118 Å². The van der Waals surface area contributed by atoms with Crippen LogP contribution < -0.4 is 15.2 Å². The van der Waals surface area contributed by atoms with E-state index in [4.69, 9.17) is 9.88 Å². The van der Waals surface area contributed by atoms with Crippen LogP contribution in [0.25, 0.3) is 0 Å². The monoisotopic (exact) mass is 296 g/mol. The standard InChI is InChI=1S/C13H16N2O4S/c1-3-4-5-6-13(16)15-10-7-8-11(19-2)12(9-10)20(14,17)18/h3-9H,1-2H3,(H,15,16)(H2,14,17,18)/b4-3+,6-5+. The van der Waals surface area contributed by atoms with E-state index in [1.165, 1.54) is 31.4 Å². The van der Waals surface area contributed by atoms with Gasteiger partial charge in [-0.2, -0.15) is 0 Å². The molecule has 0 aliphatic rings. The fourth-order valence-electron chi connectivity index (χ4n) is 1.41. The third kappa shape index (κ3) is 4.52. The lowest BCUT2D eigenvalue weighted by atomic mass is 10.3. The second-order valence-electron chi connectivity index (χ2n) is 3.78. The topological polar surface area (TPSA) is 98.5 Å². The van der Waals surface area contributed by atoms with Crippen LogP contribution in [-0.4, -0.2) is 21.4 Å². The van der Waals surface area contributed by atoms with Gasteiger partial charge in [0.05, 0.1) is 7.11 Å². The van der Waals surface area contributed by atoms with Gasteiger partial charge in [-0.15, -0.1) is 0 Å². The van der Waals surface area contributed by atoms with E-state index in [-0.39, 0.29) is 16.6 Å². The van der Waals surface area contributed by atoms with Gasteiger partial charge in [-0.25, -0.2) is 13.6 Å². The zero-order chi connectivity index (χ0) is 15.2. The van der Waals surface area contributed by atoms with Crippen LogP contribution in [0.4, 0.5) is 5.69 Å². The first-order valence-corrected chi connectivity index (χ1v) is 7.24. The SMILES string of the molecule is C/C=C/C=C/C(=O)Nc1ccc(OC)c(S(N)(=O)=O)c1. The molecule has 3 N–H and O–H groups in total. The maximum Gasteiger partial charge on any atom is 0.248 e. The number of sulfonamides is 1. The molecule has 0 saturated carbocycles. The van der Waals surface area contributed by atoms with Gasteiger partial charge >= 0.3 is 0 Å². The summed E-state index contributed by atoms with van der Waals surface area (Å²) in [6, 6.07) is 4.19. The van der Waals surface area contributed by atoms with E-state index in [9.17, 15) is 13.2 Å². The number of nitrogens with two attached hydrogens (primary N) is 1. The molecule has 108 valence electrons. The molecule has 20 heavy (non-hydrogen) atoms. The van der Waals surface area contributed by atoms with E-state index in [2.05, 4.69) is 5.32 Å². The molecular formula is C13H16N2O4S. The summed E-state index contributed by atoms with van der Waals surface area (Å²) in [6.07, 6.45) is 6.36. The molecule has 1 aromatic rings. The van der Waals surface area contributed by atoms with Gasteiger partial charge in [0.2, 0.25) is 15.9 Å². The van der Waals surface area contributed by atoms with Crippen molar-refractivity contribution >= 4 is 21.6 Å². The number of hydrogen-bond acceptors (Lipinski definition) is 4. The smallest absolute Gasteiger partial charge is 0.248 e. The minimum atomic E-state index is -3.93. The van der Waals surface area contributed by atoms with E-state index in [1.54, 1.807) is 18.2 Å². The molecule has 1 rings (SSSR count). The molecule has 0 fully saturated rings. The number of rotatable bonds is 5. The molecule has 6 nitrogen and oxygen atoms in total. The van der Waals surface area contributed by atoms with E-state index in [0.717, 1.165) is 0 Å². The van der Waals surface area contributed by atoms with Crippen LogP contribution >= 0.6 is 0 Å². The van der Waals surface area contributed by atoms with Gasteiger partial charge in [0, 0.05) is 11.8 Å². The summed E-state index contributed by atoms with van der Waals surface area (Å²) in [6.45, 7) is 1.82. The van der Waals surface area contributed by atoms with Crippen LogP contribution in [-0.2, 0) is 14.8 Å². The van der Waals surface area contributed by atoms with Crippen LogP contribution in [0.1, 0.15) is 6.92 Å². The number of carbonyl (C=O) groups is 1. The lowest BCUT2D eigenvalue weighted by molar-refractivity contribution is -0.111. The average molecular weight is 296 g/mol. The highest BCUT2D eigenvalue weighted by Gasteiger charge is 2.15. The van der Waals surface area contributed by atoms with E-state index in [1.807, 2.05) is 6.92 Å². The number of primary sulfonamides is 1. The number of carbonyl (C=O) groups excluding carboxylic acids is 1. The average Bonchev–Trinajstić information content (AvgIpc) is 2.38. The molecule has 0 heterocycles. The number of benzene rings is 1. The molecule has 0 aromatic heterocycles. The number of allylic oxidation sites excluding steroid dienone is 3. The van der Waals surface area contributed by atoms with Crippen LogP contribution in [0.2, 0.25) is 0 Å². The maximum atomic E-state index is 11.6. The highest BCUT2D eigenvalue weighted by atomic mass is 32.2. The molecule has 0 aliphatic carbocycles. The van der Waals surface area contributed by atoms with Crippen molar-refractivity contribution in [3.05, 3.63) is 42.5 Å². The quantitative estimate of drug-likeness (QED) is 0.634. The van der Waals surface area contributed by atoms with Crippen molar-refractivity contribution in [2.45, 2.75) is 11.8 Å². The third-order valence-electron chi connectivity index (χ3n) is 2.29. The number of hydrogen-bond donors (Lipinski definition) is 2. The Kier molecular flexibility index (Phi) is 5.48. The second-order valence-corrected chi connectivity index (χ2v) is 5.31. The first kappa shape index (κ1) is 15.9. The van der Waals surface area contributed by atoms with Gasteiger partial charge in [0.25, 0.3) is 0 Å². The number of nitrogens with one attached hydrogen (secondary N) is 1. The Bertz CT molecular complexity index is 648. The van der Waals surface area contributed by atoms with Gasteiger partial charge in [0.1, 0.15) is 10.6 Å². The van der Waals surface area contributed by atoms with Gasteiger partial charge in [-0.05, 0) is 25.1 Å². The van der Waals surface area contributed by atoms with Gasteiger partial charge < -0.3 is 10.1 Å². The summed E-state index contributed by atoms with van der Waals surface area (Å²) in [4.78, 5) is 11.4. The Balaban J connectivity index is 3.02. The van der Waals surface area contributed by atoms with Crippen molar-refractivity contribution in [2.75, 3.05) is 12.4 Å². The fraction of sp³-hybridized carbons (Fsp3) is 0.154. The van der Waals surface area contributed by atoms with Crippen LogP contribution in [0.3, 0.4) is 0 Å². The van der Waals surface area contributed by atoms with Crippen molar-refractivity contribution in [1.82, 2.24) is 0 Å². The molecule has 0 spiro atoms. The Morgan fingerprint density at radius 2 is 2.05 bits per heavy atom. The summed E-state index contributed by atoms with van der Waals surface area (Å²) in [5.41, 5.74) is 0.310. The van der Waals surface area contributed by atoms with E-state index in [0.29, 0.717) is 5.69 Å². The molecule has 7 heteroatoms. The van der Waals surface area contributed by atoms with E-state index >= 15 is 0 Å². The summed E-state index contributed by atoms with van der Waals surface area (Å²) in [5, 5.41) is 7.62. The summed E-state index contributed by atoms with van der Waals surface area (Å²) in [7, 11) is -2.59. The van der Waals surface area contributed by atoms with Crippen molar-refractivity contribution in [1.29, 1.82) is 0 Å². The van der Waals surface area contributed by atoms with Gasteiger partial charge in [-0.3, -0.25) is 4.79 Å². The molecule has 0 bridgehead atoms. The largest absolute Gasteiger partial charge is 0.495 e. The van der Waals surface area contributed by atoms with Gasteiger partial charge in [0.15, 0.2) is 0 Å².